The maximum Gasteiger partial charge on any atom is 0.317 e. The Kier molecular flexibility index (Phi) is 6.20. The maximum atomic E-state index is 12.7. The summed E-state index contributed by atoms with van der Waals surface area (Å²) in [4.78, 5) is 14.6. The molecule has 2 saturated heterocycles. The average molecular weight is 360 g/mol. The lowest BCUT2D eigenvalue weighted by atomic mass is 9.78. The topological polar surface area (TPSA) is 50.8 Å². The molecule has 26 heavy (non-hydrogen) atoms. The molecule has 1 N–H and O–H groups in total. The molecule has 2 aliphatic heterocycles. The first-order chi connectivity index (χ1) is 12.4. The molecule has 5 heteroatoms. The lowest BCUT2D eigenvalue weighted by Crippen LogP contribution is -2.50. The van der Waals surface area contributed by atoms with Crippen LogP contribution in [-0.2, 0) is 9.47 Å². The second-order valence-electron chi connectivity index (χ2n) is 8.46. The third-order valence-corrected chi connectivity index (χ3v) is 5.34. The van der Waals surface area contributed by atoms with Crippen LogP contribution in [-0.4, -0.2) is 49.9 Å². The van der Waals surface area contributed by atoms with E-state index in [2.05, 4.69) is 38.2 Å². The third kappa shape index (κ3) is 4.77. The Balaban J connectivity index is 1.54. The van der Waals surface area contributed by atoms with Crippen molar-refractivity contribution in [2.75, 3.05) is 32.8 Å². The Bertz CT molecular complexity index is 585. The fourth-order valence-corrected chi connectivity index (χ4v) is 4.04. The van der Waals surface area contributed by atoms with Gasteiger partial charge in [0.2, 0.25) is 0 Å². The quantitative estimate of drug-likeness (QED) is 0.896. The van der Waals surface area contributed by atoms with E-state index in [1.807, 2.05) is 23.1 Å². The summed E-state index contributed by atoms with van der Waals surface area (Å²) in [5.74, 6) is 0.374. The maximum absolute atomic E-state index is 12.7. The van der Waals surface area contributed by atoms with Crippen molar-refractivity contribution in [2.24, 2.45) is 11.3 Å². The fraction of sp³-hybridized carbons (Fsp3) is 0.667. The molecule has 2 amide bonds. The van der Waals surface area contributed by atoms with Crippen LogP contribution in [0.5, 0.6) is 0 Å². The highest BCUT2D eigenvalue weighted by atomic mass is 16.5. The van der Waals surface area contributed by atoms with Crippen LogP contribution in [0.4, 0.5) is 4.79 Å². The number of ether oxygens (including phenoxy) is 2. The summed E-state index contributed by atoms with van der Waals surface area (Å²) in [7, 11) is 0. The highest BCUT2D eigenvalue weighted by Gasteiger charge is 2.36. The molecular formula is C21H32N2O3. The Hall–Kier alpha value is -1.59. The predicted molar refractivity (Wildman–Crippen MR) is 102 cm³/mol. The van der Waals surface area contributed by atoms with Gasteiger partial charge in [0.15, 0.2) is 0 Å². The summed E-state index contributed by atoms with van der Waals surface area (Å²) in [6.07, 6.45) is 2.33. The summed E-state index contributed by atoms with van der Waals surface area (Å²) >= 11 is 0. The SMILES string of the molecule is CC(C)(C)C1OCCCC1CNC(=O)N1CCOC(c2ccccc2)C1. The molecular weight excluding hydrogens is 328 g/mol. The van der Waals surface area contributed by atoms with Gasteiger partial charge in [0, 0.05) is 25.6 Å². The number of nitrogens with one attached hydrogen (secondary N) is 1. The van der Waals surface area contributed by atoms with Gasteiger partial charge in [-0.25, -0.2) is 4.79 Å². The van der Waals surface area contributed by atoms with Gasteiger partial charge < -0.3 is 19.7 Å². The van der Waals surface area contributed by atoms with E-state index < -0.39 is 0 Å². The summed E-state index contributed by atoms with van der Waals surface area (Å²) in [5, 5.41) is 3.15. The van der Waals surface area contributed by atoms with E-state index in [1.54, 1.807) is 0 Å². The number of amides is 2. The van der Waals surface area contributed by atoms with Crippen molar-refractivity contribution in [3.05, 3.63) is 35.9 Å². The molecule has 2 fully saturated rings. The van der Waals surface area contributed by atoms with Gasteiger partial charge in [0.25, 0.3) is 0 Å². The minimum atomic E-state index is -0.0453. The first kappa shape index (κ1) is 19.2. The summed E-state index contributed by atoms with van der Waals surface area (Å²) < 4.78 is 11.9. The van der Waals surface area contributed by atoms with E-state index in [-0.39, 0.29) is 23.7 Å². The lowest BCUT2D eigenvalue weighted by molar-refractivity contribution is -0.0841. The second kappa shape index (κ2) is 8.40. The predicted octanol–water partition coefficient (Wildman–Crippen LogP) is 3.61. The summed E-state index contributed by atoms with van der Waals surface area (Å²) in [5.41, 5.74) is 1.21. The van der Waals surface area contributed by atoms with E-state index in [0.717, 1.165) is 25.0 Å². The molecule has 0 aromatic heterocycles. The molecule has 144 valence electrons. The minimum absolute atomic E-state index is 0.00691. The molecule has 0 aliphatic carbocycles. The van der Waals surface area contributed by atoms with E-state index in [0.29, 0.717) is 32.2 Å². The van der Waals surface area contributed by atoms with Crippen molar-refractivity contribution in [1.82, 2.24) is 10.2 Å². The molecule has 5 nitrogen and oxygen atoms in total. The molecule has 3 unspecified atom stereocenters. The number of carbonyl (C=O) groups excluding carboxylic acids is 1. The van der Waals surface area contributed by atoms with Crippen molar-refractivity contribution < 1.29 is 14.3 Å². The van der Waals surface area contributed by atoms with Crippen LogP contribution < -0.4 is 5.32 Å². The van der Waals surface area contributed by atoms with E-state index in [4.69, 9.17) is 9.47 Å². The van der Waals surface area contributed by atoms with Crippen LogP contribution in [0, 0.1) is 11.3 Å². The van der Waals surface area contributed by atoms with Gasteiger partial charge in [-0.05, 0) is 23.8 Å². The van der Waals surface area contributed by atoms with Crippen molar-refractivity contribution >= 4 is 6.03 Å². The molecule has 0 radical (unpaired) electrons. The highest BCUT2D eigenvalue weighted by molar-refractivity contribution is 5.74. The number of urea groups is 1. The zero-order valence-electron chi connectivity index (χ0n) is 16.2. The first-order valence-electron chi connectivity index (χ1n) is 9.76. The van der Waals surface area contributed by atoms with Crippen LogP contribution in [0.3, 0.4) is 0 Å². The van der Waals surface area contributed by atoms with E-state index >= 15 is 0 Å². The van der Waals surface area contributed by atoms with Crippen molar-refractivity contribution in [2.45, 2.75) is 45.8 Å². The molecule has 3 atom stereocenters. The number of nitrogens with zero attached hydrogens (tertiary/aromatic N) is 1. The Morgan fingerprint density at radius 2 is 1.96 bits per heavy atom. The van der Waals surface area contributed by atoms with Crippen LogP contribution in [0.25, 0.3) is 0 Å². The number of carbonyl (C=O) groups is 1. The number of benzene rings is 1. The largest absolute Gasteiger partial charge is 0.377 e. The minimum Gasteiger partial charge on any atom is -0.377 e. The van der Waals surface area contributed by atoms with Crippen molar-refractivity contribution in [3.8, 4) is 0 Å². The normalized spacial score (nSPS) is 27.2. The Morgan fingerprint density at radius 3 is 2.69 bits per heavy atom. The van der Waals surface area contributed by atoms with Crippen molar-refractivity contribution in [3.63, 3.8) is 0 Å². The van der Waals surface area contributed by atoms with Gasteiger partial charge >= 0.3 is 6.03 Å². The van der Waals surface area contributed by atoms with Gasteiger partial charge in [-0.1, -0.05) is 51.1 Å². The number of morpholine rings is 1. The van der Waals surface area contributed by atoms with Crippen LogP contribution in [0.1, 0.15) is 45.3 Å². The average Bonchev–Trinajstić information content (AvgIpc) is 2.66. The Labute approximate surface area is 157 Å². The molecule has 2 heterocycles. The monoisotopic (exact) mass is 360 g/mol. The van der Waals surface area contributed by atoms with Crippen LogP contribution >= 0.6 is 0 Å². The van der Waals surface area contributed by atoms with Gasteiger partial charge in [-0.15, -0.1) is 0 Å². The number of hydrogen-bond donors (Lipinski definition) is 1. The zero-order chi connectivity index (χ0) is 18.6. The molecule has 0 spiro atoms. The lowest BCUT2D eigenvalue weighted by Gasteiger charge is -2.40. The van der Waals surface area contributed by atoms with Gasteiger partial charge in [-0.3, -0.25) is 0 Å². The van der Waals surface area contributed by atoms with Crippen molar-refractivity contribution in [1.29, 1.82) is 0 Å². The molecule has 0 saturated carbocycles. The first-order valence-corrected chi connectivity index (χ1v) is 9.76. The smallest absolute Gasteiger partial charge is 0.317 e. The summed E-state index contributed by atoms with van der Waals surface area (Å²) in [6, 6.07) is 10.1. The molecule has 3 rings (SSSR count). The Morgan fingerprint density at radius 1 is 1.19 bits per heavy atom. The number of hydrogen-bond acceptors (Lipinski definition) is 3. The molecule has 1 aromatic carbocycles. The van der Waals surface area contributed by atoms with Crippen LogP contribution in [0.15, 0.2) is 30.3 Å². The van der Waals surface area contributed by atoms with Gasteiger partial charge in [-0.2, -0.15) is 0 Å². The standard InChI is InChI=1S/C21H32N2O3/c1-21(2,3)19-17(10-7-12-26-19)14-22-20(24)23-11-13-25-18(15-23)16-8-5-4-6-9-16/h4-6,8-9,17-19H,7,10-15H2,1-3H3,(H,22,24). The highest BCUT2D eigenvalue weighted by Crippen LogP contribution is 2.33. The van der Waals surface area contributed by atoms with Gasteiger partial charge in [0.1, 0.15) is 6.10 Å². The second-order valence-corrected chi connectivity index (χ2v) is 8.46. The third-order valence-electron chi connectivity index (χ3n) is 5.34. The fourth-order valence-electron chi connectivity index (χ4n) is 4.04. The molecule has 0 bridgehead atoms. The zero-order valence-corrected chi connectivity index (χ0v) is 16.2. The van der Waals surface area contributed by atoms with Gasteiger partial charge in [0.05, 0.1) is 19.3 Å². The van der Waals surface area contributed by atoms with Crippen LogP contribution in [0.2, 0.25) is 0 Å². The van der Waals surface area contributed by atoms with E-state index in [1.165, 1.54) is 0 Å². The molecule has 1 aromatic rings. The molecule has 2 aliphatic rings. The number of rotatable bonds is 3. The van der Waals surface area contributed by atoms with E-state index in [9.17, 15) is 4.79 Å². The summed E-state index contributed by atoms with van der Waals surface area (Å²) in [6.45, 7) is 9.95.